The van der Waals surface area contributed by atoms with Crippen molar-refractivity contribution in [3.05, 3.63) is 24.3 Å². The van der Waals surface area contributed by atoms with Crippen LogP contribution < -0.4 is 0 Å². The van der Waals surface area contributed by atoms with Gasteiger partial charge < -0.3 is 14.4 Å². The second kappa shape index (κ2) is 6.85. The molecule has 116 valence electrons. The van der Waals surface area contributed by atoms with Crippen LogP contribution in [0.4, 0.5) is 4.79 Å². The number of hydrogen-bond acceptors (Lipinski definition) is 5. The van der Waals surface area contributed by atoms with Gasteiger partial charge in [0, 0.05) is 31.4 Å². The minimum absolute atomic E-state index is 0.237. The van der Waals surface area contributed by atoms with E-state index in [1.165, 1.54) is 0 Å². The standard InChI is InChI=1S/C15H23N3O3/c1-15(2,3)21-14(19)18-7-4-12(9-18)10-20-11-13-8-16-5-6-17-13/h5-6,8,12H,4,7,9-11H2,1-3H3. The maximum absolute atomic E-state index is 11.9. The number of carbonyl (C=O) groups excluding carboxylic acids is 1. The van der Waals surface area contributed by atoms with Gasteiger partial charge in [0.25, 0.3) is 0 Å². The fourth-order valence-electron chi connectivity index (χ4n) is 2.20. The van der Waals surface area contributed by atoms with Gasteiger partial charge in [0.2, 0.25) is 0 Å². The molecule has 1 unspecified atom stereocenters. The Morgan fingerprint density at radius 3 is 2.90 bits per heavy atom. The predicted molar refractivity (Wildman–Crippen MR) is 77.6 cm³/mol. The first-order chi connectivity index (χ1) is 9.94. The van der Waals surface area contributed by atoms with Crippen LogP contribution in [0.2, 0.25) is 0 Å². The van der Waals surface area contributed by atoms with Crippen molar-refractivity contribution in [3.63, 3.8) is 0 Å². The summed E-state index contributed by atoms with van der Waals surface area (Å²) in [7, 11) is 0. The first-order valence-corrected chi connectivity index (χ1v) is 7.24. The zero-order valence-electron chi connectivity index (χ0n) is 12.9. The van der Waals surface area contributed by atoms with Gasteiger partial charge in [0.1, 0.15) is 5.60 Å². The molecule has 1 aromatic heterocycles. The topological polar surface area (TPSA) is 64.5 Å². The normalized spacial score (nSPS) is 18.8. The second-order valence-electron chi connectivity index (χ2n) is 6.29. The molecule has 1 saturated heterocycles. The number of carbonyl (C=O) groups is 1. The molecule has 0 radical (unpaired) electrons. The molecule has 21 heavy (non-hydrogen) atoms. The Balaban J connectivity index is 1.69. The number of likely N-dealkylation sites (tertiary alicyclic amines) is 1. The molecule has 6 nitrogen and oxygen atoms in total. The maximum Gasteiger partial charge on any atom is 0.410 e. The molecule has 1 aliphatic rings. The van der Waals surface area contributed by atoms with Crippen molar-refractivity contribution in [2.45, 2.75) is 39.4 Å². The summed E-state index contributed by atoms with van der Waals surface area (Å²) >= 11 is 0. The van der Waals surface area contributed by atoms with E-state index in [0.29, 0.717) is 25.7 Å². The van der Waals surface area contributed by atoms with E-state index in [9.17, 15) is 4.79 Å². The van der Waals surface area contributed by atoms with Gasteiger partial charge >= 0.3 is 6.09 Å². The monoisotopic (exact) mass is 293 g/mol. The lowest BCUT2D eigenvalue weighted by molar-refractivity contribution is 0.0270. The van der Waals surface area contributed by atoms with Crippen molar-refractivity contribution in [1.29, 1.82) is 0 Å². The third kappa shape index (κ3) is 5.30. The number of hydrogen-bond donors (Lipinski definition) is 0. The second-order valence-corrected chi connectivity index (χ2v) is 6.29. The molecule has 0 spiro atoms. The van der Waals surface area contributed by atoms with Gasteiger partial charge in [-0.3, -0.25) is 9.97 Å². The van der Waals surface area contributed by atoms with E-state index in [2.05, 4.69) is 9.97 Å². The van der Waals surface area contributed by atoms with Crippen LogP contribution in [-0.4, -0.2) is 46.3 Å². The summed E-state index contributed by atoms with van der Waals surface area (Å²) in [6.45, 7) is 8.13. The van der Waals surface area contributed by atoms with Crippen molar-refractivity contribution in [2.24, 2.45) is 5.92 Å². The van der Waals surface area contributed by atoms with Crippen LogP contribution >= 0.6 is 0 Å². The molecule has 0 aliphatic carbocycles. The zero-order valence-corrected chi connectivity index (χ0v) is 12.9. The first kappa shape index (κ1) is 15.7. The van der Waals surface area contributed by atoms with Gasteiger partial charge in [-0.25, -0.2) is 4.79 Å². The number of nitrogens with zero attached hydrogens (tertiary/aromatic N) is 3. The highest BCUT2D eigenvalue weighted by Crippen LogP contribution is 2.20. The lowest BCUT2D eigenvalue weighted by Gasteiger charge is -2.24. The summed E-state index contributed by atoms with van der Waals surface area (Å²) < 4.78 is 11.0. The van der Waals surface area contributed by atoms with Crippen LogP contribution in [0.15, 0.2) is 18.6 Å². The molecule has 0 saturated carbocycles. The molecule has 0 N–H and O–H groups in total. The van der Waals surface area contributed by atoms with Crippen molar-refractivity contribution < 1.29 is 14.3 Å². The lowest BCUT2D eigenvalue weighted by atomic mass is 10.1. The third-order valence-electron chi connectivity index (χ3n) is 3.16. The fraction of sp³-hybridized carbons (Fsp3) is 0.667. The summed E-state index contributed by atoms with van der Waals surface area (Å²) in [6, 6.07) is 0. The molecule has 1 aromatic rings. The fourth-order valence-corrected chi connectivity index (χ4v) is 2.20. The Kier molecular flexibility index (Phi) is 5.12. The van der Waals surface area contributed by atoms with Crippen molar-refractivity contribution in [3.8, 4) is 0 Å². The highest BCUT2D eigenvalue weighted by Gasteiger charge is 2.29. The van der Waals surface area contributed by atoms with Crippen molar-refractivity contribution >= 4 is 6.09 Å². The molecule has 1 atom stereocenters. The van der Waals surface area contributed by atoms with Gasteiger partial charge in [0.05, 0.1) is 25.1 Å². The number of rotatable bonds is 4. The summed E-state index contributed by atoms with van der Waals surface area (Å²) in [5.41, 5.74) is 0.372. The van der Waals surface area contributed by atoms with Crippen LogP contribution in [0.1, 0.15) is 32.9 Å². The zero-order chi connectivity index (χ0) is 15.3. The third-order valence-corrected chi connectivity index (χ3v) is 3.16. The molecule has 6 heteroatoms. The molecule has 1 amide bonds. The SMILES string of the molecule is CC(C)(C)OC(=O)N1CCC(COCc2cnccn2)C1. The van der Waals surface area contributed by atoms with Crippen molar-refractivity contribution in [1.82, 2.24) is 14.9 Å². The average molecular weight is 293 g/mol. The first-order valence-electron chi connectivity index (χ1n) is 7.24. The Bertz CT molecular complexity index is 459. The quantitative estimate of drug-likeness (QED) is 0.852. The van der Waals surface area contributed by atoms with Crippen molar-refractivity contribution in [2.75, 3.05) is 19.7 Å². The molecular formula is C15H23N3O3. The van der Waals surface area contributed by atoms with E-state index >= 15 is 0 Å². The van der Waals surface area contributed by atoms with Crippen LogP contribution in [-0.2, 0) is 16.1 Å². The average Bonchev–Trinajstić information content (AvgIpc) is 2.87. The summed E-state index contributed by atoms with van der Waals surface area (Å²) in [6.07, 6.45) is 5.69. The van der Waals surface area contributed by atoms with E-state index < -0.39 is 5.60 Å². The van der Waals surface area contributed by atoms with Gasteiger partial charge in [-0.15, -0.1) is 0 Å². The van der Waals surface area contributed by atoms with E-state index in [4.69, 9.17) is 9.47 Å². The van der Waals surface area contributed by atoms with Crippen LogP contribution in [0.5, 0.6) is 0 Å². The van der Waals surface area contributed by atoms with E-state index in [1.54, 1.807) is 23.5 Å². The van der Waals surface area contributed by atoms with E-state index in [1.807, 2.05) is 20.8 Å². The number of amides is 1. The van der Waals surface area contributed by atoms with E-state index in [-0.39, 0.29) is 6.09 Å². The molecule has 2 heterocycles. The largest absolute Gasteiger partial charge is 0.444 e. The Hall–Kier alpha value is -1.69. The summed E-state index contributed by atoms with van der Waals surface area (Å²) in [5.74, 6) is 0.356. The number of aromatic nitrogens is 2. The molecule has 1 aliphatic heterocycles. The molecule has 2 rings (SSSR count). The maximum atomic E-state index is 11.9. The van der Waals surface area contributed by atoms with Crippen LogP contribution in [0, 0.1) is 5.92 Å². The summed E-state index contributed by atoms with van der Waals surface area (Å²) in [5, 5.41) is 0. The smallest absolute Gasteiger partial charge is 0.410 e. The molecular weight excluding hydrogens is 270 g/mol. The molecule has 0 bridgehead atoms. The van der Waals surface area contributed by atoms with Gasteiger partial charge in [-0.1, -0.05) is 0 Å². The molecule has 0 aromatic carbocycles. The highest BCUT2D eigenvalue weighted by molar-refractivity contribution is 5.68. The predicted octanol–water partition coefficient (Wildman–Crippen LogP) is 2.25. The Morgan fingerprint density at radius 2 is 2.24 bits per heavy atom. The van der Waals surface area contributed by atoms with Crippen LogP contribution in [0.3, 0.4) is 0 Å². The van der Waals surface area contributed by atoms with Gasteiger partial charge in [-0.2, -0.15) is 0 Å². The minimum atomic E-state index is -0.447. The van der Waals surface area contributed by atoms with Crippen LogP contribution in [0.25, 0.3) is 0 Å². The molecule has 1 fully saturated rings. The van der Waals surface area contributed by atoms with Gasteiger partial charge in [0.15, 0.2) is 0 Å². The summed E-state index contributed by atoms with van der Waals surface area (Å²) in [4.78, 5) is 21.8. The Labute approximate surface area is 125 Å². The minimum Gasteiger partial charge on any atom is -0.444 e. The van der Waals surface area contributed by atoms with E-state index in [0.717, 1.165) is 18.7 Å². The Morgan fingerprint density at radius 1 is 1.43 bits per heavy atom. The number of ether oxygens (including phenoxy) is 2. The van der Waals surface area contributed by atoms with Gasteiger partial charge in [-0.05, 0) is 27.2 Å². The highest BCUT2D eigenvalue weighted by atomic mass is 16.6. The lowest BCUT2D eigenvalue weighted by Crippen LogP contribution is -2.35.